The highest BCUT2D eigenvalue weighted by Crippen LogP contribution is 2.26. The zero-order valence-corrected chi connectivity index (χ0v) is 9.12. The Balaban J connectivity index is 2.79. The highest BCUT2D eigenvalue weighted by atomic mass is 35.5. The number of halogens is 1. The summed E-state index contributed by atoms with van der Waals surface area (Å²) in [6.07, 6.45) is 0. The molecular formula is C9H13ClN3O2+. The van der Waals surface area contributed by atoms with E-state index in [9.17, 15) is 10.1 Å². The van der Waals surface area contributed by atoms with Gasteiger partial charge in [0, 0.05) is 12.1 Å². The van der Waals surface area contributed by atoms with Gasteiger partial charge in [-0.3, -0.25) is 10.1 Å². The second-order valence-corrected chi connectivity index (χ2v) is 3.81. The van der Waals surface area contributed by atoms with Crippen LogP contribution in [-0.4, -0.2) is 17.5 Å². The van der Waals surface area contributed by atoms with E-state index >= 15 is 0 Å². The second-order valence-electron chi connectivity index (χ2n) is 3.41. The Morgan fingerprint density at radius 3 is 2.80 bits per heavy atom. The topological polar surface area (TPSA) is 82.8 Å². The third-order valence-electron chi connectivity index (χ3n) is 1.80. The number of nitro groups is 1. The average molecular weight is 231 g/mol. The van der Waals surface area contributed by atoms with Crippen molar-refractivity contribution in [1.29, 1.82) is 0 Å². The molecule has 0 spiro atoms. The van der Waals surface area contributed by atoms with Crippen molar-refractivity contribution >= 4 is 23.0 Å². The SMILES string of the molecule is C[C@H]([NH3+])CNc1ccc([N+](=O)[O-])cc1Cl. The van der Waals surface area contributed by atoms with Gasteiger partial charge in [0.25, 0.3) is 5.69 Å². The summed E-state index contributed by atoms with van der Waals surface area (Å²) in [6, 6.07) is 4.60. The first-order chi connectivity index (χ1) is 7.00. The first-order valence-electron chi connectivity index (χ1n) is 4.51. The minimum Gasteiger partial charge on any atom is -0.378 e. The number of nitrogens with zero attached hydrogens (tertiary/aromatic N) is 1. The summed E-state index contributed by atoms with van der Waals surface area (Å²) in [5, 5.41) is 13.9. The van der Waals surface area contributed by atoms with Gasteiger partial charge in [-0.15, -0.1) is 0 Å². The monoisotopic (exact) mass is 230 g/mol. The van der Waals surface area contributed by atoms with Crippen LogP contribution in [0.25, 0.3) is 0 Å². The molecule has 0 fully saturated rings. The Bertz CT molecular complexity index is 368. The van der Waals surface area contributed by atoms with Crippen LogP contribution in [0.1, 0.15) is 6.92 Å². The van der Waals surface area contributed by atoms with Crippen molar-refractivity contribution in [2.24, 2.45) is 0 Å². The normalized spacial score (nSPS) is 12.2. The molecule has 82 valence electrons. The van der Waals surface area contributed by atoms with Crippen molar-refractivity contribution in [2.45, 2.75) is 13.0 Å². The number of quaternary nitrogens is 1. The Kier molecular flexibility index (Phi) is 3.88. The van der Waals surface area contributed by atoms with Crippen LogP contribution in [0.5, 0.6) is 0 Å². The Morgan fingerprint density at radius 2 is 2.33 bits per heavy atom. The Labute approximate surface area is 92.4 Å². The van der Waals surface area contributed by atoms with Gasteiger partial charge < -0.3 is 11.1 Å². The van der Waals surface area contributed by atoms with Crippen molar-refractivity contribution in [3.8, 4) is 0 Å². The number of hydrogen-bond donors (Lipinski definition) is 2. The van der Waals surface area contributed by atoms with E-state index < -0.39 is 4.92 Å². The number of nitrogens with one attached hydrogen (secondary N) is 1. The summed E-state index contributed by atoms with van der Waals surface area (Å²) in [4.78, 5) is 9.97. The van der Waals surface area contributed by atoms with Gasteiger partial charge in [0.15, 0.2) is 0 Å². The molecule has 0 aliphatic heterocycles. The van der Waals surface area contributed by atoms with E-state index in [4.69, 9.17) is 11.6 Å². The molecule has 0 bridgehead atoms. The Hall–Kier alpha value is -1.33. The maximum absolute atomic E-state index is 10.4. The summed E-state index contributed by atoms with van der Waals surface area (Å²) in [7, 11) is 0. The first-order valence-corrected chi connectivity index (χ1v) is 4.89. The van der Waals surface area contributed by atoms with Crippen LogP contribution < -0.4 is 11.1 Å². The van der Waals surface area contributed by atoms with Gasteiger partial charge in [-0.05, 0) is 13.0 Å². The average Bonchev–Trinajstić information content (AvgIpc) is 2.15. The van der Waals surface area contributed by atoms with Gasteiger partial charge in [0.2, 0.25) is 0 Å². The van der Waals surface area contributed by atoms with Gasteiger partial charge in [0.1, 0.15) is 0 Å². The molecule has 0 aromatic heterocycles. The fraction of sp³-hybridized carbons (Fsp3) is 0.333. The molecule has 0 aliphatic carbocycles. The molecule has 0 saturated heterocycles. The van der Waals surface area contributed by atoms with E-state index in [1.807, 2.05) is 6.92 Å². The standard InChI is InChI=1S/C9H12ClN3O2/c1-6(11)5-12-9-3-2-7(13(14)15)4-8(9)10/h2-4,6,12H,5,11H2,1H3/p+1/t6-/m0/s1. The van der Waals surface area contributed by atoms with Gasteiger partial charge in [-0.2, -0.15) is 0 Å². The minimum absolute atomic E-state index is 0.00628. The highest BCUT2D eigenvalue weighted by molar-refractivity contribution is 6.33. The fourth-order valence-corrected chi connectivity index (χ4v) is 1.29. The van der Waals surface area contributed by atoms with Gasteiger partial charge in [0.05, 0.1) is 28.2 Å². The fourth-order valence-electron chi connectivity index (χ4n) is 1.05. The zero-order chi connectivity index (χ0) is 11.4. The highest BCUT2D eigenvalue weighted by Gasteiger charge is 2.09. The summed E-state index contributed by atoms with van der Waals surface area (Å²) >= 11 is 5.87. The molecule has 0 unspecified atom stereocenters. The lowest BCUT2D eigenvalue weighted by Gasteiger charge is -2.08. The van der Waals surface area contributed by atoms with Crippen molar-refractivity contribution < 1.29 is 10.7 Å². The molecule has 5 nitrogen and oxygen atoms in total. The summed E-state index contributed by atoms with van der Waals surface area (Å²) < 4.78 is 0. The van der Waals surface area contributed by atoms with E-state index in [0.717, 1.165) is 0 Å². The van der Waals surface area contributed by atoms with Crippen molar-refractivity contribution in [3.05, 3.63) is 33.3 Å². The molecule has 0 radical (unpaired) electrons. The van der Waals surface area contributed by atoms with Crippen molar-refractivity contribution in [1.82, 2.24) is 0 Å². The van der Waals surface area contributed by atoms with Crippen LogP contribution in [0, 0.1) is 10.1 Å². The molecule has 6 heteroatoms. The molecule has 1 rings (SSSR count). The molecule has 4 N–H and O–H groups in total. The summed E-state index contributed by atoms with van der Waals surface area (Å²) in [5.41, 5.74) is 4.50. The number of anilines is 1. The molecule has 1 aromatic rings. The lowest BCUT2D eigenvalue weighted by atomic mass is 10.2. The van der Waals surface area contributed by atoms with Crippen LogP contribution in [0.3, 0.4) is 0 Å². The van der Waals surface area contributed by atoms with Gasteiger partial charge in [-0.25, -0.2) is 0 Å². The zero-order valence-electron chi connectivity index (χ0n) is 8.37. The van der Waals surface area contributed by atoms with Crippen molar-refractivity contribution in [2.75, 3.05) is 11.9 Å². The van der Waals surface area contributed by atoms with Crippen molar-refractivity contribution in [3.63, 3.8) is 0 Å². The van der Waals surface area contributed by atoms with Crippen LogP contribution in [-0.2, 0) is 0 Å². The smallest absolute Gasteiger partial charge is 0.271 e. The van der Waals surface area contributed by atoms with E-state index in [1.54, 1.807) is 6.07 Å². The molecule has 0 heterocycles. The van der Waals surface area contributed by atoms with Crippen LogP contribution >= 0.6 is 11.6 Å². The molecule has 0 aliphatic rings. The second kappa shape index (κ2) is 4.95. The van der Waals surface area contributed by atoms with E-state index in [1.165, 1.54) is 12.1 Å². The number of non-ortho nitro benzene ring substituents is 1. The third-order valence-corrected chi connectivity index (χ3v) is 2.12. The first kappa shape index (κ1) is 11.7. The predicted molar refractivity (Wildman–Crippen MR) is 58.9 cm³/mol. The summed E-state index contributed by atoms with van der Waals surface area (Å²) in [6.45, 7) is 2.64. The maximum atomic E-state index is 10.4. The molecule has 0 amide bonds. The van der Waals surface area contributed by atoms with E-state index in [0.29, 0.717) is 17.3 Å². The molecule has 0 saturated carbocycles. The van der Waals surface area contributed by atoms with Gasteiger partial charge in [-0.1, -0.05) is 11.6 Å². The predicted octanol–water partition coefficient (Wildman–Crippen LogP) is 1.29. The van der Waals surface area contributed by atoms with E-state index in [-0.39, 0.29) is 11.7 Å². The lowest BCUT2D eigenvalue weighted by Crippen LogP contribution is -2.62. The molecular weight excluding hydrogens is 218 g/mol. The largest absolute Gasteiger partial charge is 0.378 e. The summed E-state index contributed by atoms with van der Waals surface area (Å²) in [5.74, 6) is 0. The molecule has 15 heavy (non-hydrogen) atoms. The van der Waals surface area contributed by atoms with E-state index in [2.05, 4.69) is 11.1 Å². The number of nitro benzene ring substituents is 1. The number of benzene rings is 1. The molecule has 1 atom stereocenters. The van der Waals surface area contributed by atoms with Crippen LogP contribution in [0.15, 0.2) is 18.2 Å². The Morgan fingerprint density at radius 1 is 1.67 bits per heavy atom. The number of hydrogen-bond acceptors (Lipinski definition) is 3. The minimum atomic E-state index is -0.473. The third kappa shape index (κ3) is 3.38. The number of rotatable bonds is 4. The van der Waals surface area contributed by atoms with Gasteiger partial charge >= 0.3 is 0 Å². The van der Waals surface area contributed by atoms with Crippen LogP contribution in [0.4, 0.5) is 11.4 Å². The van der Waals surface area contributed by atoms with Crippen LogP contribution in [0.2, 0.25) is 5.02 Å². The molecule has 1 aromatic carbocycles. The quantitative estimate of drug-likeness (QED) is 0.604. The maximum Gasteiger partial charge on any atom is 0.271 e. The lowest BCUT2D eigenvalue weighted by molar-refractivity contribution is -0.409.